The van der Waals surface area contributed by atoms with Crippen molar-refractivity contribution in [1.29, 1.82) is 0 Å². The van der Waals surface area contributed by atoms with Gasteiger partial charge in [0.05, 0.1) is 6.10 Å². The summed E-state index contributed by atoms with van der Waals surface area (Å²) in [6, 6.07) is 0. The third-order valence-corrected chi connectivity index (χ3v) is 4.38. The van der Waals surface area contributed by atoms with Gasteiger partial charge in [-0.2, -0.15) is 0 Å². The quantitative estimate of drug-likeness (QED) is 0.745. The third kappa shape index (κ3) is 2.44. The molecule has 2 rings (SSSR count). The van der Waals surface area contributed by atoms with Crippen LogP contribution in [0.5, 0.6) is 0 Å². The normalized spacial score (nSPS) is 32.2. The van der Waals surface area contributed by atoms with Gasteiger partial charge in [0, 0.05) is 19.4 Å². The van der Waals surface area contributed by atoms with Crippen LogP contribution >= 0.6 is 0 Å². The van der Waals surface area contributed by atoms with E-state index >= 15 is 0 Å². The van der Waals surface area contributed by atoms with Crippen LogP contribution in [0, 0.1) is 11.8 Å². The highest BCUT2D eigenvalue weighted by Crippen LogP contribution is 2.43. The molecule has 18 heavy (non-hydrogen) atoms. The van der Waals surface area contributed by atoms with Crippen molar-refractivity contribution in [2.75, 3.05) is 7.11 Å². The Labute approximate surface area is 110 Å². The van der Waals surface area contributed by atoms with Gasteiger partial charge >= 0.3 is 0 Å². The third-order valence-electron chi connectivity index (χ3n) is 4.38. The van der Waals surface area contributed by atoms with Gasteiger partial charge in [0.15, 0.2) is 0 Å². The van der Waals surface area contributed by atoms with E-state index < -0.39 is 0 Å². The fourth-order valence-electron chi connectivity index (χ4n) is 3.39. The molecule has 2 bridgehead atoms. The lowest BCUT2D eigenvalue weighted by Crippen LogP contribution is -2.25. The van der Waals surface area contributed by atoms with Crippen molar-refractivity contribution in [3.63, 3.8) is 0 Å². The van der Waals surface area contributed by atoms with Crippen molar-refractivity contribution >= 4 is 5.78 Å². The maximum absolute atomic E-state index is 12.1. The second kappa shape index (κ2) is 5.40. The predicted molar refractivity (Wildman–Crippen MR) is 73.4 cm³/mol. The van der Waals surface area contributed by atoms with Crippen molar-refractivity contribution < 1.29 is 9.53 Å². The fraction of sp³-hybridized carbons (Fsp3) is 0.688. The molecule has 0 aromatic heterocycles. The average molecular weight is 248 g/mol. The highest BCUT2D eigenvalue weighted by Gasteiger charge is 2.37. The van der Waals surface area contributed by atoms with Crippen LogP contribution in [-0.2, 0) is 9.53 Å². The van der Waals surface area contributed by atoms with Crippen LogP contribution in [0.4, 0.5) is 0 Å². The van der Waals surface area contributed by atoms with Crippen LogP contribution in [-0.4, -0.2) is 19.0 Å². The summed E-state index contributed by atoms with van der Waals surface area (Å²) in [6.07, 6.45) is 6.15. The SMILES string of the molecule is CO[C@H]1CCC(=O)[C@H](C)[C@H]2CCC1=C2C=C(C)C. The highest BCUT2D eigenvalue weighted by molar-refractivity contribution is 5.82. The van der Waals surface area contributed by atoms with Crippen LogP contribution < -0.4 is 0 Å². The molecular formula is C16H24O2. The predicted octanol–water partition coefficient (Wildman–Crippen LogP) is 3.67. The van der Waals surface area contributed by atoms with E-state index in [1.54, 1.807) is 7.11 Å². The van der Waals surface area contributed by atoms with E-state index in [2.05, 4.69) is 26.8 Å². The summed E-state index contributed by atoms with van der Waals surface area (Å²) in [6.45, 7) is 6.35. The summed E-state index contributed by atoms with van der Waals surface area (Å²) >= 11 is 0. The summed E-state index contributed by atoms with van der Waals surface area (Å²) in [7, 11) is 1.76. The van der Waals surface area contributed by atoms with Crippen molar-refractivity contribution in [2.24, 2.45) is 11.8 Å². The number of hydrogen-bond donors (Lipinski definition) is 0. The minimum atomic E-state index is 0.150. The molecule has 0 aromatic carbocycles. The Balaban J connectivity index is 2.44. The number of carbonyl (C=O) groups excluding carboxylic acids is 1. The Morgan fingerprint density at radius 1 is 1.28 bits per heavy atom. The van der Waals surface area contributed by atoms with Gasteiger partial charge in [-0.05, 0) is 50.2 Å². The molecular weight excluding hydrogens is 224 g/mol. The number of fused-ring (bicyclic) bond motifs is 1. The van der Waals surface area contributed by atoms with Gasteiger partial charge in [0.25, 0.3) is 0 Å². The summed E-state index contributed by atoms with van der Waals surface area (Å²) in [5.74, 6) is 0.994. The molecule has 2 aliphatic rings. The molecule has 0 amide bonds. The van der Waals surface area contributed by atoms with Crippen molar-refractivity contribution in [3.05, 3.63) is 22.8 Å². The first kappa shape index (κ1) is 13.5. The number of hydrogen-bond acceptors (Lipinski definition) is 2. The number of ketones is 1. The topological polar surface area (TPSA) is 26.3 Å². The van der Waals surface area contributed by atoms with Crippen LogP contribution in [0.1, 0.15) is 46.5 Å². The van der Waals surface area contributed by atoms with Crippen LogP contribution in [0.15, 0.2) is 22.8 Å². The number of ether oxygens (including phenoxy) is 1. The first-order valence-corrected chi connectivity index (χ1v) is 6.98. The van der Waals surface area contributed by atoms with Gasteiger partial charge in [-0.3, -0.25) is 4.79 Å². The monoisotopic (exact) mass is 248 g/mol. The van der Waals surface area contributed by atoms with E-state index in [0.717, 1.165) is 19.3 Å². The van der Waals surface area contributed by atoms with E-state index in [1.807, 2.05) is 0 Å². The van der Waals surface area contributed by atoms with Crippen molar-refractivity contribution in [1.82, 2.24) is 0 Å². The zero-order chi connectivity index (χ0) is 13.3. The zero-order valence-corrected chi connectivity index (χ0v) is 12.0. The first-order chi connectivity index (χ1) is 8.54. The Bertz CT molecular complexity index is 399. The largest absolute Gasteiger partial charge is 0.377 e. The van der Waals surface area contributed by atoms with Gasteiger partial charge < -0.3 is 4.74 Å². The molecule has 0 N–H and O–H groups in total. The molecule has 0 aliphatic heterocycles. The molecule has 2 heteroatoms. The Kier molecular flexibility index (Phi) is 4.06. The second-order valence-electron chi connectivity index (χ2n) is 5.87. The van der Waals surface area contributed by atoms with Gasteiger partial charge in [0.1, 0.15) is 5.78 Å². The molecule has 0 aromatic rings. The maximum atomic E-state index is 12.1. The second-order valence-corrected chi connectivity index (χ2v) is 5.87. The van der Waals surface area contributed by atoms with E-state index in [4.69, 9.17) is 4.74 Å². The van der Waals surface area contributed by atoms with Gasteiger partial charge in [0.2, 0.25) is 0 Å². The minimum Gasteiger partial charge on any atom is -0.377 e. The van der Waals surface area contributed by atoms with Gasteiger partial charge in [-0.1, -0.05) is 18.6 Å². The fourth-order valence-corrected chi connectivity index (χ4v) is 3.39. The molecule has 2 nitrogen and oxygen atoms in total. The van der Waals surface area contributed by atoms with Crippen LogP contribution in [0.25, 0.3) is 0 Å². The van der Waals surface area contributed by atoms with Crippen molar-refractivity contribution in [2.45, 2.75) is 52.6 Å². The molecule has 0 heterocycles. The molecule has 2 aliphatic carbocycles. The van der Waals surface area contributed by atoms with Gasteiger partial charge in [-0.25, -0.2) is 0 Å². The highest BCUT2D eigenvalue weighted by atomic mass is 16.5. The lowest BCUT2D eigenvalue weighted by atomic mass is 9.80. The number of Topliss-reactive ketones (excluding diaryl/α,β-unsaturated/α-hetero) is 1. The van der Waals surface area contributed by atoms with Crippen molar-refractivity contribution in [3.8, 4) is 0 Å². The van der Waals surface area contributed by atoms with Crippen LogP contribution in [0.2, 0.25) is 0 Å². The molecule has 0 radical (unpaired) electrons. The summed E-state index contributed by atoms with van der Waals surface area (Å²) in [5, 5.41) is 0. The number of allylic oxidation sites excluding steroid dienone is 3. The van der Waals surface area contributed by atoms with Gasteiger partial charge in [-0.15, -0.1) is 0 Å². The lowest BCUT2D eigenvalue weighted by Gasteiger charge is -2.26. The molecule has 0 unspecified atom stereocenters. The molecule has 0 spiro atoms. The van der Waals surface area contributed by atoms with E-state index in [1.165, 1.54) is 16.7 Å². The molecule has 0 saturated heterocycles. The molecule has 0 saturated carbocycles. The summed E-state index contributed by atoms with van der Waals surface area (Å²) < 4.78 is 5.61. The van der Waals surface area contributed by atoms with Crippen LogP contribution in [0.3, 0.4) is 0 Å². The minimum absolute atomic E-state index is 0.150. The maximum Gasteiger partial charge on any atom is 0.136 e. The first-order valence-electron chi connectivity index (χ1n) is 6.98. The summed E-state index contributed by atoms with van der Waals surface area (Å²) in [4.78, 5) is 12.1. The summed E-state index contributed by atoms with van der Waals surface area (Å²) in [5.41, 5.74) is 4.15. The number of methoxy groups -OCH3 is 1. The van der Waals surface area contributed by atoms with E-state index in [9.17, 15) is 4.79 Å². The lowest BCUT2D eigenvalue weighted by molar-refractivity contribution is -0.124. The van der Waals surface area contributed by atoms with E-state index in [0.29, 0.717) is 18.1 Å². The molecule has 100 valence electrons. The molecule has 0 fully saturated rings. The number of carbonyl (C=O) groups is 1. The van der Waals surface area contributed by atoms with E-state index in [-0.39, 0.29) is 12.0 Å². The smallest absolute Gasteiger partial charge is 0.136 e. The molecule has 3 atom stereocenters. The average Bonchev–Trinajstić information content (AvgIpc) is 2.72. The Hall–Kier alpha value is -0.890. The number of rotatable bonds is 2. The Morgan fingerprint density at radius 3 is 2.61 bits per heavy atom. The zero-order valence-electron chi connectivity index (χ0n) is 12.0. The Morgan fingerprint density at radius 2 is 2.00 bits per heavy atom. The standard InChI is InChI=1S/C16H24O2/c1-10(2)9-14-12-5-6-13(14)16(18-4)8-7-15(17)11(12)3/h9,11-12,16H,5-8H2,1-4H3/t11-,12-,16+/m1/s1.